The first-order valence-corrected chi connectivity index (χ1v) is 8.70. The molecule has 0 saturated heterocycles. The van der Waals surface area contributed by atoms with Gasteiger partial charge in [-0.15, -0.1) is 0 Å². The number of carbonyl (C=O) groups is 1. The molecule has 5 rings (SSSR count). The zero-order valence-electron chi connectivity index (χ0n) is 14.6. The van der Waals surface area contributed by atoms with E-state index in [0.29, 0.717) is 39.7 Å². The van der Waals surface area contributed by atoms with Crippen LogP contribution in [-0.2, 0) is 6.54 Å². The molecule has 5 nitrogen and oxygen atoms in total. The molecule has 0 spiro atoms. The zero-order valence-corrected chi connectivity index (χ0v) is 14.6. The molecule has 2 heterocycles. The molecule has 0 radical (unpaired) electrons. The van der Waals surface area contributed by atoms with Crippen molar-refractivity contribution in [1.82, 2.24) is 4.98 Å². The summed E-state index contributed by atoms with van der Waals surface area (Å²) in [7, 11) is 1.58. The van der Waals surface area contributed by atoms with Crippen molar-refractivity contribution in [3.8, 4) is 5.75 Å². The molecular weight excluding hydrogens is 340 g/mol. The number of ether oxygens (including phenoxy) is 1. The van der Waals surface area contributed by atoms with E-state index in [1.807, 2.05) is 42.5 Å². The number of rotatable bonds is 1. The Morgan fingerprint density at radius 2 is 1.74 bits per heavy atom. The number of ketones is 1. The Labute approximate surface area is 154 Å². The molecule has 3 aromatic carbocycles. The predicted molar refractivity (Wildman–Crippen MR) is 106 cm³/mol. The lowest BCUT2D eigenvalue weighted by Crippen LogP contribution is -2.09. The molecule has 0 saturated carbocycles. The lowest BCUT2D eigenvalue weighted by Gasteiger charge is -2.09. The molecule has 132 valence electrons. The second-order valence-electron chi connectivity index (χ2n) is 6.65. The minimum atomic E-state index is -0.0835. The van der Waals surface area contributed by atoms with Crippen LogP contribution in [0.15, 0.2) is 59.4 Å². The summed E-state index contributed by atoms with van der Waals surface area (Å²) in [5.74, 6) is 0.548. The van der Waals surface area contributed by atoms with Gasteiger partial charge >= 0.3 is 0 Å². The van der Waals surface area contributed by atoms with E-state index in [2.05, 4.69) is 10.3 Å². The molecule has 0 unspecified atom stereocenters. The summed E-state index contributed by atoms with van der Waals surface area (Å²) in [5, 5.41) is 4.53. The highest BCUT2D eigenvalue weighted by Crippen LogP contribution is 2.31. The fraction of sp³-hybridized carbons (Fsp3) is 0.0909. The van der Waals surface area contributed by atoms with Crippen molar-refractivity contribution in [1.29, 1.82) is 0 Å². The fourth-order valence-corrected chi connectivity index (χ4v) is 3.70. The van der Waals surface area contributed by atoms with Crippen LogP contribution in [0.4, 0.5) is 5.69 Å². The van der Waals surface area contributed by atoms with Crippen molar-refractivity contribution < 1.29 is 9.53 Å². The van der Waals surface area contributed by atoms with Crippen LogP contribution >= 0.6 is 0 Å². The van der Waals surface area contributed by atoms with Crippen LogP contribution in [0, 0.1) is 0 Å². The van der Waals surface area contributed by atoms with Gasteiger partial charge in [0.2, 0.25) is 0 Å². The molecular formula is C22H16N2O3. The smallest absolute Gasteiger partial charge is 0.197 e. The number of aromatic nitrogens is 1. The number of fused-ring (bicyclic) bond motifs is 4. The first-order chi connectivity index (χ1) is 13.2. The zero-order chi connectivity index (χ0) is 18.5. The van der Waals surface area contributed by atoms with E-state index in [-0.39, 0.29) is 11.2 Å². The number of hydrogen-bond donors (Lipinski definition) is 2. The van der Waals surface area contributed by atoms with E-state index in [0.717, 1.165) is 16.8 Å². The van der Waals surface area contributed by atoms with Gasteiger partial charge in [-0.2, -0.15) is 0 Å². The molecule has 5 heteroatoms. The van der Waals surface area contributed by atoms with Gasteiger partial charge in [-0.1, -0.05) is 12.1 Å². The van der Waals surface area contributed by atoms with Crippen LogP contribution < -0.4 is 15.5 Å². The van der Waals surface area contributed by atoms with Crippen LogP contribution in [-0.4, -0.2) is 17.9 Å². The molecule has 2 N–H and O–H groups in total. The van der Waals surface area contributed by atoms with Crippen LogP contribution in [0.3, 0.4) is 0 Å². The van der Waals surface area contributed by atoms with Gasteiger partial charge in [0.05, 0.1) is 12.6 Å². The number of aromatic amines is 1. The number of nitrogens with one attached hydrogen (secondary N) is 2. The van der Waals surface area contributed by atoms with E-state index in [1.54, 1.807) is 19.2 Å². The Balaban J connectivity index is 1.79. The second-order valence-corrected chi connectivity index (χ2v) is 6.65. The molecule has 1 aromatic heterocycles. The molecule has 0 amide bonds. The monoisotopic (exact) mass is 356 g/mol. The Hall–Kier alpha value is -3.60. The Morgan fingerprint density at radius 1 is 0.889 bits per heavy atom. The van der Waals surface area contributed by atoms with Crippen LogP contribution in [0.1, 0.15) is 21.5 Å². The van der Waals surface area contributed by atoms with Crippen molar-refractivity contribution in [3.63, 3.8) is 0 Å². The average Bonchev–Trinajstić information content (AvgIpc) is 2.84. The highest BCUT2D eigenvalue weighted by atomic mass is 16.5. The van der Waals surface area contributed by atoms with E-state index in [4.69, 9.17) is 4.74 Å². The number of benzene rings is 3. The minimum Gasteiger partial charge on any atom is -0.497 e. The lowest BCUT2D eigenvalue weighted by atomic mass is 9.96. The maximum atomic E-state index is 13.2. The van der Waals surface area contributed by atoms with E-state index < -0.39 is 0 Å². The second kappa shape index (κ2) is 5.71. The fourth-order valence-electron chi connectivity index (χ4n) is 3.70. The first-order valence-electron chi connectivity index (χ1n) is 8.70. The Kier molecular flexibility index (Phi) is 3.31. The number of para-hydroxylation sites is 1. The number of carbonyl (C=O) groups excluding carboxylic acids is 1. The molecule has 0 bridgehead atoms. The number of H-pyrrole nitrogens is 1. The third kappa shape index (κ3) is 2.32. The van der Waals surface area contributed by atoms with Crippen molar-refractivity contribution in [2.24, 2.45) is 0 Å². The summed E-state index contributed by atoms with van der Waals surface area (Å²) in [5.41, 5.74) is 4.12. The Morgan fingerprint density at radius 3 is 2.59 bits per heavy atom. The van der Waals surface area contributed by atoms with Gasteiger partial charge in [0.25, 0.3) is 0 Å². The minimum absolute atomic E-state index is 0.0296. The van der Waals surface area contributed by atoms with Gasteiger partial charge in [-0.3, -0.25) is 9.59 Å². The van der Waals surface area contributed by atoms with Gasteiger partial charge in [-0.25, -0.2) is 0 Å². The highest BCUT2D eigenvalue weighted by molar-refractivity contribution is 6.15. The summed E-state index contributed by atoms with van der Waals surface area (Å²) < 4.78 is 5.26. The van der Waals surface area contributed by atoms with Crippen LogP contribution in [0.2, 0.25) is 0 Å². The SMILES string of the molecule is COc1ccc2c(c1)C(=O)c1cc3[nH]c4ccccc4c(=O)c3cc1CN2. The van der Waals surface area contributed by atoms with Crippen LogP contribution in [0.25, 0.3) is 21.8 Å². The summed E-state index contributed by atoms with van der Waals surface area (Å²) in [6.07, 6.45) is 0. The third-order valence-electron chi connectivity index (χ3n) is 5.11. The van der Waals surface area contributed by atoms with Gasteiger partial charge in [0, 0.05) is 39.6 Å². The molecule has 1 aliphatic heterocycles. The normalized spacial score (nSPS) is 13.0. The lowest BCUT2D eigenvalue weighted by molar-refractivity contribution is 0.103. The Bertz CT molecular complexity index is 1300. The highest BCUT2D eigenvalue weighted by Gasteiger charge is 2.23. The molecule has 0 atom stereocenters. The number of methoxy groups -OCH3 is 1. The van der Waals surface area contributed by atoms with Gasteiger partial charge < -0.3 is 15.0 Å². The van der Waals surface area contributed by atoms with E-state index in [9.17, 15) is 9.59 Å². The molecule has 1 aliphatic rings. The maximum absolute atomic E-state index is 13.2. The largest absolute Gasteiger partial charge is 0.497 e. The number of pyridine rings is 1. The molecule has 0 aliphatic carbocycles. The number of anilines is 1. The third-order valence-corrected chi connectivity index (χ3v) is 5.11. The van der Waals surface area contributed by atoms with Gasteiger partial charge in [0.15, 0.2) is 11.2 Å². The summed E-state index contributed by atoms with van der Waals surface area (Å²) in [6.45, 7) is 0.475. The van der Waals surface area contributed by atoms with Crippen molar-refractivity contribution >= 4 is 33.3 Å². The van der Waals surface area contributed by atoms with Gasteiger partial charge in [0.1, 0.15) is 5.75 Å². The van der Waals surface area contributed by atoms with Crippen molar-refractivity contribution in [2.45, 2.75) is 6.54 Å². The first kappa shape index (κ1) is 15.6. The summed E-state index contributed by atoms with van der Waals surface area (Å²) in [6, 6.07) is 16.4. The van der Waals surface area contributed by atoms with Crippen LogP contribution in [0.5, 0.6) is 5.75 Å². The average molecular weight is 356 g/mol. The van der Waals surface area contributed by atoms with Crippen molar-refractivity contribution in [2.75, 3.05) is 12.4 Å². The van der Waals surface area contributed by atoms with E-state index in [1.165, 1.54) is 0 Å². The standard InChI is InChI=1S/C22H16N2O3/c1-27-13-6-7-18-17(9-13)22(26)15-10-20-16(8-12(15)11-23-18)21(25)14-4-2-3-5-19(14)24-20/h2-10,23H,11H2,1H3,(H,24,25). The molecule has 0 fully saturated rings. The summed E-state index contributed by atoms with van der Waals surface area (Å²) in [4.78, 5) is 29.4. The predicted octanol–water partition coefficient (Wildman–Crippen LogP) is 3.85. The number of hydrogen-bond acceptors (Lipinski definition) is 4. The summed E-state index contributed by atoms with van der Waals surface area (Å²) >= 11 is 0. The van der Waals surface area contributed by atoms with Crippen molar-refractivity contribution in [3.05, 3.63) is 81.5 Å². The van der Waals surface area contributed by atoms with E-state index >= 15 is 0 Å². The topological polar surface area (TPSA) is 71.2 Å². The quantitative estimate of drug-likeness (QED) is 0.508. The molecule has 4 aromatic rings. The van der Waals surface area contributed by atoms with Gasteiger partial charge in [-0.05, 0) is 48.0 Å². The molecule has 27 heavy (non-hydrogen) atoms. The maximum Gasteiger partial charge on any atom is 0.197 e.